The lowest BCUT2D eigenvalue weighted by Gasteiger charge is -2.13. The first-order valence-corrected chi connectivity index (χ1v) is 10.8. The van der Waals surface area contributed by atoms with E-state index in [0.29, 0.717) is 27.2 Å². The van der Waals surface area contributed by atoms with Crippen LogP contribution in [0, 0.1) is 0 Å². The molecule has 0 saturated carbocycles. The molecule has 1 aromatic heterocycles. The lowest BCUT2D eigenvalue weighted by Crippen LogP contribution is -2.35. The van der Waals surface area contributed by atoms with Gasteiger partial charge in [-0.15, -0.1) is 0 Å². The van der Waals surface area contributed by atoms with E-state index < -0.39 is 11.9 Å². The number of benzene rings is 3. The van der Waals surface area contributed by atoms with Crippen molar-refractivity contribution in [2.45, 2.75) is 0 Å². The summed E-state index contributed by atoms with van der Waals surface area (Å²) in [5, 5.41) is 7.35. The Bertz CT molecular complexity index is 1400. The van der Waals surface area contributed by atoms with Gasteiger partial charge in [0.15, 0.2) is 10.8 Å². The van der Waals surface area contributed by atoms with Crippen LogP contribution in [0.5, 0.6) is 11.5 Å². The molecule has 2 N–H and O–H groups in total. The maximum atomic E-state index is 12.2. The summed E-state index contributed by atoms with van der Waals surface area (Å²) < 4.78 is 5.86. The van der Waals surface area contributed by atoms with Gasteiger partial charge in [-0.3, -0.25) is 10.1 Å². The smallest absolute Gasteiger partial charge is 0.326 e. The van der Waals surface area contributed by atoms with Crippen molar-refractivity contribution < 1.29 is 14.3 Å². The van der Waals surface area contributed by atoms with Crippen molar-refractivity contribution in [3.05, 3.63) is 86.8 Å². The number of rotatable bonds is 4. The minimum Gasteiger partial charge on any atom is -0.454 e. The quantitative estimate of drug-likeness (QED) is 0.301. The Labute approximate surface area is 207 Å². The molecule has 33 heavy (non-hydrogen) atoms. The Hall–Kier alpha value is -3.10. The average Bonchev–Trinajstić information content (AvgIpc) is 2.77. The molecule has 0 saturated heterocycles. The van der Waals surface area contributed by atoms with Crippen LogP contribution in [0.1, 0.15) is 10.5 Å². The van der Waals surface area contributed by atoms with Gasteiger partial charge >= 0.3 is 6.03 Å². The van der Waals surface area contributed by atoms with E-state index in [1.165, 1.54) is 18.5 Å². The third-order valence-electron chi connectivity index (χ3n) is 4.39. The summed E-state index contributed by atoms with van der Waals surface area (Å²) in [6.07, 6.45) is 2.61. The van der Waals surface area contributed by atoms with E-state index in [2.05, 4.69) is 20.6 Å². The fraction of sp³-hybridized carbons (Fsp3) is 0. The second-order valence-corrected chi connectivity index (χ2v) is 8.17. The number of ether oxygens (including phenoxy) is 1. The van der Waals surface area contributed by atoms with E-state index in [4.69, 9.17) is 51.1 Å². The lowest BCUT2D eigenvalue weighted by molar-refractivity contribution is 0.0962. The van der Waals surface area contributed by atoms with Crippen LogP contribution < -0.4 is 15.4 Å². The number of hydrogen-bond acceptors (Lipinski definition) is 5. The molecular formula is C22H12Cl4N4O3. The minimum absolute atomic E-state index is 0.122. The highest BCUT2D eigenvalue weighted by atomic mass is 35.5. The fourth-order valence-corrected chi connectivity index (χ4v) is 3.76. The molecule has 0 aliphatic rings. The molecule has 7 nitrogen and oxygen atoms in total. The van der Waals surface area contributed by atoms with Crippen LogP contribution in [0.3, 0.4) is 0 Å². The molecule has 0 atom stereocenters. The largest absolute Gasteiger partial charge is 0.454 e. The van der Waals surface area contributed by atoms with Crippen LogP contribution in [0.25, 0.3) is 10.8 Å². The van der Waals surface area contributed by atoms with Crippen molar-refractivity contribution in [3.63, 3.8) is 0 Å². The highest BCUT2D eigenvalue weighted by molar-refractivity contribution is 6.38. The first-order valence-electron chi connectivity index (χ1n) is 9.26. The average molecular weight is 522 g/mol. The fourth-order valence-electron chi connectivity index (χ4n) is 2.90. The van der Waals surface area contributed by atoms with Crippen LogP contribution >= 0.6 is 46.4 Å². The first-order chi connectivity index (χ1) is 15.8. The van der Waals surface area contributed by atoms with Crippen molar-refractivity contribution >= 4 is 74.8 Å². The number of imide groups is 1. The Kier molecular flexibility index (Phi) is 6.85. The number of anilines is 1. The zero-order chi connectivity index (χ0) is 23.5. The number of urea groups is 1. The van der Waals surface area contributed by atoms with Gasteiger partial charge in [-0.1, -0.05) is 58.5 Å². The predicted octanol–water partition coefficient (Wildman–Crippen LogP) is 7.00. The molecule has 0 aliphatic heterocycles. The first kappa shape index (κ1) is 23.1. The molecule has 4 rings (SSSR count). The Morgan fingerprint density at radius 1 is 0.848 bits per heavy atom. The number of amides is 3. The number of nitrogens with one attached hydrogen (secondary N) is 2. The number of aromatic nitrogens is 2. The molecule has 166 valence electrons. The van der Waals surface area contributed by atoms with Crippen molar-refractivity contribution in [1.82, 2.24) is 15.3 Å². The van der Waals surface area contributed by atoms with Crippen LogP contribution in [0.2, 0.25) is 20.2 Å². The summed E-state index contributed by atoms with van der Waals surface area (Å²) in [6, 6.07) is 12.6. The molecule has 0 bridgehead atoms. The van der Waals surface area contributed by atoms with Gasteiger partial charge in [0.1, 0.15) is 11.5 Å². The molecule has 3 aromatic carbocycles. The Morgan fingerprint density at radius 2 is 1.61 bits per heavy atom. The molecule has 4 aromatic rings. The van der Waals surface area contributed by atoms with Crippen molar-refractivity contribution in [2.24, 2.45) is 0 Å². The summed E-state index contributed by atoms with van der Waals surface area (Å²) in [4.78, 5) is 31.8. The molecule has 0 fully saturated rings. The topological polar surface area (TPSA) is 93.2 Å². The van der Waals surface area contributed by atoms with Gasteiger partial charge in [-0.05, 0) is 41.8 Å². The number of nitrogens with zero attached hydrogens (tertiary/aromatic N) is 2. The van der Waals surface area contributed by atoms with E-state index >= 15 is 0 Å². The Balaban J connectivity index is 1.46. The zero-order valence-corrected chi connectivity index (χ0v) is 19.4. The minimum atomic E-state index is -0.803. The third-order valence-corrected chi connectivity index (χ3v) is 5.58. The second kappa shape index (κ2) is 9.80. The van der Waals surface area contributed by atoms with Gasteiger partial charge in [-0.2, -0.15) is 0 Å². The van der Waals surface area contributed by atoms with Gasteiger partial charge in [0, 0.05) is 28.5 Å². The lowest BCUT2D eigenvalue weighted by atomic mass is 10.1. The van der Waals surface area contributed by atoms with Crippen molar-refractivity contribution in [3.8, 4) is 11.5 Å². The predicted molar refractivity (Wildman–Crippen MR) is 129 cm³/mol. The SMILES string of the molecule is O=C(NC(=O)c1nccnc1Cl)Nc1ccc(Oc2ccc3cc(Cl)ccc3c2Cl)c(Cl)c1. The molecule has 0 unspecified atom stereocenters. The number of carbonyl (C=O) groups is 2. The van der Waals surface area contributed by atoms with E-state index in [9.17, 15) is 9.59 Å². The standard InChI is InChI=1S/C22H12Cl4N4O3/c23-12-2-4-14-11(9-12)1-5-17(18(14)25)33-16-6-3-13(10-15(16)24)29-22(32)30-21(31)19-20(26)28-8-7-27-19/h1-10H,(H2,29,30,31,32). The summed E-state index contributed by atoms with van der Waals surface area (Å²) >= 11 is 24.6. The molecule has 1 heterocycles. The van der Waals surface area contributed by atoms with Gasteiger partial charge in [-0.25, -0.2) is 14.8 Å². The van der Waals surface area contributed by atoms with E-state index in [-0.39, 0.29) is 15.9 Å². The van der Waals surface area contributed by atoms with Crippen LogP contribution in [-0.2, 0) is 0 Å². The Morgan fingerprint density at radius 3 is 2.36 bits per heavy atom. The zero-order valence-electron chi connectivity index (χ0n) is 16.4. The highest BCUT2D eigenvalue weighted by Crippen LogP contribution is 2.39. The van der Waals surface area contributed by atoms with E-state index in [0.717, 1.165) is 10.8 Å². The molecule has 0 radical (unpaired) electrons. The summed E-state index contributed by atoms with van der Waals surface area (Å²) in [5.41, 5.74) is 0.146. The number of halogens is 4. The highest BCUT2D eigenvalue weighted by Gasteiger charge is 2.16. The molecule has 11 heteroatoms. The van der Waals surface area contributed by atoms with Gasteiger partial charge < -0.3 is 10.1 Å². The second-order valence-electron chi connectivity index (χ2n) is 6.59. The van der Waals surface area contributed by atoms with E-state index in [1.54, 1.807) is 36.4 Å². The van der Waals surface area contributed by atoms with Crippen LogP contribution in [0.15, 0.2) is 60.9 Å². The monoisotopic (exact) mass is 520 g/mol. The summed E-state index contributed by atoms with van der Waals surface area (Å²) in [6.45, 7) is 0. The third kappa shape index (κ3) is 5.29. The van der Waals surface area contributed by atoms with Crippen molar-refractivity contribution in [2.75, 3.05) is 5.32 Å². The summed E-state index contributed by atoms with van der Waals surface area (Å²) in [7, 11) is 0. The summed E-state index contributed by atoms with van der Waals surface area (Å²) in [5.74, 6) is -0.0811. The maximum absolute atomic E-state index is 12.2. The van der Waals surface area contributed by atoms with Gasteiger partial charge in [0.2, 0.25) is 0 Å². The number of fused-ring (bicyclic) bond motifs is 1. The normalized spacial score (nSPS) is 10.7. The van der Waals surface area contributed by atoms with Crippen molar-refractivity contribution in [1.29, 1.82) is 0 Å². The molecule has 0 spiro atoms. The molecule has 0 aliphatic carbocycles. The molecular weight excluding hydrogens is 510 g/mol. The number of carbonyl (C=O) groups excluding carboxylic acids is 2. The van der Waals surface area contributed by atoms with Crippen LogP contribution in [0.4, 0.5) is 10.5 Å². The van der Waals surface area contributed by atoms with Gasteiger partial charge in [0.25, 0.3) is 5.91 Å². The number of hydrogen-bond donors (Lipinski definition) is 2. The molecule has 3 amide bonds. The van der Waals surface area contributed by atoms with Crippen LogP contribution in [-0.4, -0.2) is 21.9 Å². The van der Waals surface area contributed by atoms with E-state index in [1.807, 2.05) is 6.07 Å². The maximum Gasteiger partial charge on any atom is 0.326 e. The van der Waals surface area contributed by atoms with Gasteiger partial charge in [0.05, 0.1) is 10.0 Å².